The second kappa shape index (κ2) is 38.2. The molecule has 674 valence electrons. The zero-order chi connectivity index (χ0) is 88.7. The van der Waals surface area contributed by atoms with E-state index in [9.17, 15) is 48.6 Å². The molecule has 127 heavy (non-hydrogen) atoms. The van der Waals surface area contributed by atoms with Gasteiger partial charge in [-0.1, -0.05) is 41.2 Å². The summed E-state index contributed by atoms with van der Waals surface area (Å²) in [5.74, 6) is 9.45. The van der Waals surface area contributed by atoms with E-state index in [1.165, 1.54) is 156 Å². The molecule has 7 amide bonds. The molecule has 5 atom stereocenters. The Morgan fingerprint density at radius 3 is 1.24 bits per heavy atom. The second-order valence-corrected chi connectivity index (χ2v) is 46.5. The number of aliphatic carboxylic acids is 1. The van der Waals surface area contributed by atoms with E-state index in [4.69, 9.17) is 39.5 Å². The summed E-state index contributed by atoms with van der Waals surface area (Å²) in [6, 6.07) is 8.31. The van der Waals surface area contributed by atoms with Crippen molar-refractivity contribution in [3.63, 3.8) is 0 Å². The van der Waals surface area contributed by atoms with Crippen molar-refractivity contribution < 1.29 is 53.3 Å². The number of ether oxygens (including phenoxy) is 1. The smallest absolute Gasteiger partial charge is 0.309 e. The lowest BCUT2D eigenvalue weighted by molar-refractivity contribution is -0.174. The minimum atomic E-state index is -0.579. The molecule has 18 bridgehead atoms. The second-order valence-electron chi connectivity index (χ2n) is 38.8. The lowest BCUT2D eigenvalue weighted by atomic mass is 9.43. The van der Waals surface area contributed by atoms with Gasteiger partial charge in [0.2, 0.25) is 29.5 Å². The Morgan fingerprint density at radius 1 is 0.441 bits per heavy atom. The number of methoxy groups -OCH3 is 1. The number of hydrogen-bond donors (Lipinski definition) is 9. The Hall–Kier alpha value is -7.76. The van der Waals surface area contributed by atoms with Crippen molar-refractivity contribution in [1.29, 1.82) is 0 Å². The molecule has 27 rings (SSSR count). The van der Waals surface area contributed by atoms with Crippen LogP contribution in [0.15, 0.2) is 99.1 Å². The van der Waals surface area contributed by atoms with E-state index in [0.717, 1.165) is 177 Å². The number of anilines is 7. The summed E-state index contributed by atoms with van der Waals surface area (Å²) in [4.78, 5) is 129. The number of amides is 7. The van der Waals surface area contributed by atoms with Crippen LogP contribution in [0.25, 0.3) is 0 Å². The number of thiazole rings is 7. The molecule has 18 fully saturated rings. The molecule has 0 spiro atoms. The van der Waals surface area contributed by atoms with E-state index < -0.39 is 28.3 Å². The number of hydrogen-bond acceptors (Lipinski definition) is 24. The number of aryl methyl sites for hydroxylation is 3. The van der Waals surface area contributed by atoms with Gasteiger partial charge in [-0.2, -0.15) is 0 Å². The molecule has 18 saturated carbocycles. The van der Waals surface area contributed by atoms with Crippen LogP contribution in [0.2, 0.25) is 15.1 Å². The maximum Gasteiger partial charge on any atom is 0.309 e. The molecule has 25 nitrogen and oxygen atoms in total. The fraction of sp³-hybridized carbons (Fsp3) is 0.554. The lowest BCUT2D eigenvalue weighted by Crippen LogP contribution is -2.59. The molecule has 0 saturated heterocycles. The first-order valence-electron chi connectivity index (χ1n) is 44.2. The van der Waals surface area contributed by atoms with E-state index in [1.54, 1.807) is 61.1 Å². The molecule has 7 aromatic heterocycles. The number of rotatable bonds is 16. The molecule has 7 heterocycles. The van der Waals surface area contributed by atoms with Gasteiger partial charge in [-0.3, -0.25) is 49.0 Å². The van der Waals surface area contributed by atoms with Gasteiger partial charge in [0.15, 0.2) is 30.8 Å². The average molecular weight is 1920 g/mol. The van der Waals surface area contributed by atoms with Gasteiger partial charge < -0.3 is 41.5 Å². The summed E-state index contributed by atoms with van der Waals surface area (Å²) in [5.41, 5.74) is 2.29. The van der Waals surface area contributed by atoms with Crippen molar-refractivity contribution in [2.75, 3.05) is 44.3 Å². The first-order chi connectivity index (χ1) is 61.0. The Kier molecular flexibility index (Phi) is 27.4. The van der Waals surface area contributed by atoms with Crippen LogP contribution < -0.4 is 42.0 Å². The Morgan fingerprint density at radius 2 is 0.858 bits per heavy atom. The third kappa shape index (κ3) is 20.6. The quantitative estimate of drug-likeness (QED) is 0.0434. The van der Waals surface area contributed by atoms with Crippen LogP contribution in [-0.4, -0.2) is 105 Å². The molecular weight excluding hydrogens is 1810 g/mol. The molecule has 9 aromatic rings. The maximum atomic E-state index is 13.2. The van der Waals surface area contributed by atoms with Crippen molar-refractivity contribution in [2.24, 2.45) is 104 Å². The molecule has 5 unspecified atom stereocenters. The van der Waals surface area contributed by atoms with Gasteiger partial charge in [-0.05, 0) is 301 Å². The van der Waals surface area contributed by atoms with Gasteiger partial charge in [0.25, 0.3) is 11.8 Å². The minimum absolute atomic E-state index is 0.0490. The number of nitrogens with zero attached hydrogens (tertiary/aromatic N) is 7. The summed E-state index contributed by atoms with van der Waals surface area (Å²) in [6.45, 7) is 5.80. The third-order valence-corrected chi connectivity index (χ3v) is 35.6. The van der Waals surface area contributed by atoms with Crippen molar-refractivity contribution in [2.45, 2.75) is 206 Å². The highest BCUT2D eigenvalue weighted by Crippen LogP contribution is 2.67. The fourth-order valence-corrected chi connectivity index (χ4v) is 31.0. The molecule has 2 aromatic carbocycles. The number of carbonyl (C=O) groups is 8. The Balaban J connectivity index is 0.000000105. The number of aliphatic hydroxyl groups is 1. The van der Waals surface area contributed by atoms with Crippen LogP contribution in [-0.2, 0) is 28.8 Å². The van der Waals surface area contributed by atoms with E-state index in [0.29, 0.717) is 78.7 Å². The topological polar surface area (TPSA) is 361 Å². The highest BCUT2D eigenvalue weighted by molar-refractivity contribution is 7.16. The number of fused-ring (bicyclic) bond motifs is 2. The molecule has 9 N–H and O–H groups in total. The van der Waals surface area contributed by atoms with Gasteiger partial charge >= 0.3 is 5.97 Å². The normalized spacial score (nSPS) is 31.6. The zero-order valence-corrected chi connectivity index (χ0v) is 79.3. The number of benzene rings is 2. The van der Waals surface area contributed by atoms with Crippen LogP contribution in [0, 0.1) is 125 Å². The van der Waals surface area contributed by atoms with Gasteiger partial charge in [-0.15, -0.1) is 79.4 Å². The van der Waals surface area contributed by atoms with Gasteiger partial charge in [0.1, 0.15) is 11.6 Å². The Labute approximate surface area is 781 Å². The van der Waals surface area contributed by atoms with Gasteiger partial charge in [0.05, 0.1) is 66.6 Å². The zero-order valence-electron chi connectivity index (χ0n) is 71.3. The monoisotopic (exact) mass is 1910 g/mol. The van der Waals surface area contributed by atoms with Crippen LogP contribution in [0.3, 0.4) is 0 Å². The fourth-order valence-electron chi connectivity index (χ4n) is 26.1. The van der Waals surface area contributed by atoms with E-state index in [-0.39, 0.29) is 73.2 Å². The molecular formula is C92H107Cl3N14O11S7. The molecule has 0 aliphatic heterocycles. The predicted molar refractivity (Wildman–Crippen MR) is 502 cm³/mol. The lowest BCUT2D eigenvalue weighted by Gasteiger charge is -2.60. The van der Waals surface area contributed by atoms with Crippen molar-refractivity contribution >= 4 is 198 Å². The van der Waals surface area contributed by atoms with Crippen LogP contribution in [0.4, 0.5) is 36.6 Å². The molecule has 18 aliphatic carbocycles. The minimum Gasteiger partial charge on any atom is -0.497 e. The number of nitrogens with one attached hydrogen (secondary N) is 7. The first-order valence-corrected chi connectivity index (χ1v) is 51.5. The van der Waals surface area contributed by atoms with Crippen LogP contribution in [0.5, 0.6) is 5.75 Å². The highest BCUT2D eigenvalue weighted by atomic mass is 35.5. The number of carbonyl (C=O) groups excluding carboxylic acids is 7. The summed E-state index contributed by atoms with van der Waals surface area (Å²) < 4.78 is 5.13. The summed E-state index contributed by atoms with van der Waals surface area (Å²) in [7, 11) is 1.61. The third-order valence-electron chi connectivity index (χ3n) is 29.7. The summed E-state index contributed by atoms with van der Waals surface area (Å²) in [6.07, 6.45) is 38.7. The Bertz CT molecular complexity index is 5240. The summed E-state index contributed by atoms with van der Waals surface area (Å²) >= 11 is 27.7. The predicted octanol–water partition coefficient (Wildman–Crippen LogP) is 22.0. The first kappa shape index (κ1) is 91.1. The number of halogens is 3. The standard InChI is InChI=1S/C18H20N4O2S2.C14H18N2O2S.C14H16N2O2S.C14H18N2OS.C11H14N2OS.C11H16O2.C10H5Cl3N2OS/c23-13(21-15-19-1-3-25-15)17-6-11-5-12(7-17)9-18(8-11,10-17)14(24)22-16-20-2-4-26-16;17-11(16-12-15-1-2-19-12)13-4-9-3-10(5-13)7-14(18,6-9)8-13;1-8-7-11(18-4)5-6-12(8)13(17)16-14-15-9(2)10(3)19-14;17-13(16-12-7-18-8-15-12)14-4-9-1-10(5-14)3-11(2-9)6-14;14-10(13-11-12-3-4-15-11)9-6-7-1-2-8(9)5-7;12-10(13)11-4-7-1-8(5-11)3-9(2-7)6-11;11-5-3-6(12)8(7(13)4-5)9(16)15-10-14-1-2-17-10/h1-4,11-12H,5-10H2,(H,19,21,23)(H,20,22,24);1-2,9-10,18H,3-8H2,(H,15,16,17);5-7H,1-4H3,(H,15,16,17);7-11H,1-6H2,(H,16,17);3-4,7-9H,1-2,5-6H2,(H,12,13,14);7-9H,1-6H2,(H,12,13);1-4H,(H,14,15,16). The summed E-state index contributed by atoms with van der Waals surface area (Å²) in [5, 5.41) is 56.0. The van der Waals surface area contributed by atoms with Crippen molar-refractivity contribution in [3.05, 3.63) is 141 Å². The van der Waals surface area contributed by atoms with Gasteiger partial charge in [0, 0.05) is 84.6 Å². The average Bonchev–Trinajstić information content (AvgIpc) is 1.61. The number of carboxylic acids is 1. The molecule has 35 heteroatoms. The van der Waals surface area contributed by atoms with Crippen molar-refractivity contribution in [3.8, 4) is 5.75 Å². The highest BCUT2D eigenvalue weighted by Gasteiger charge is 2.64. The van der Waals surface area contributed by atoms with E-state index in [2.05, 4.69) is 72.1 Å². The molecule has 0 radical (unpaired) electrons. The van der Waals surface area contributed by atoms with Crippen molar-refractivity contribution in [1.82, 2.24) is 34.9 Å². The van der Waals surface area contributed by atoms with Gasteiger partial charge in [-0.25, -0.2) is 34.9 Å². The van der Waals surface area contributed by atoms with Crippen LogP contribution in [0.1, 0.15) is 217 Å². The largest absolute Gasteiger partial charge is 0.497 e. The maximum absolute atomic E-state index is 13.2. The van der Waals surface area contributed by atoms with E-state index in [1.807, 2.05) is 53.7 Å². The SMILES string of the molecule is COc1ccc(C(=O)Nc2nc(C)c(C)s2)c(C)c1.O=C(Nc1cscn1)C12CC3CC(CC(C3)C1)C2.O=C(Nc1nccs1)C12CC3CC(C1)CC(C(=O)Nc1nccs1)(C3)C2.O=C(Nc1nccs1)C12CC3CC(CC(O)(C3)C1)C2.O=C(Nc1nccs1)C1CC2CCC1C2.O=C(Nc1nccs1)c1c(Cl)cc(Cl)cc1Cl.O=C(O)C12CC3CC(CC(C3)C1)C2. The number of aromatic nitrogens is 7. The van der Waals surface area contributed by atoms with E-state index >= 15 is 0 Å². The van der Waals surface area contributed by atoms with Crippen LogP contribution >= 0.6 is 114 Å². The number of carboxylic acid groups (broad SMARTS) is 1. The molecule has 18 aliphatic rings.